The van der Waals surface area contributed by atoms with E-state index in [2.05, 4.69) is 11.2 Å². The van der Waals surface area contributed by atoms with Crippen molar-refractivity contribution in [1.82, 2.24) is 5.32 Å². The molecule has 0 aliphatic rings. The van der Waals surface area contributed by atoms with Crippen molar-refractivity contribution in [2.75, 3.05) is 0 Å². The standard InChI is InChI=1S/C12H14FNO/c1-4-8(2)14-9(3)11-6-5-10(13)7-12(11)15/h1,5-9,14-15H,2-3H3. The van der Waals surface area contributed by atoms with Crippen LogP contribution in [-0.4, -0.2) is 11.1 Å². The summed E-state index contributed by atoms with van der Waals surface area (Å²) in [6.45, 7) is 3.71. The highest BCUT2D eigenvalue weighted by atomic mass is 19.1. The normalized spacial score (nSPS) is 14.3. The van der Waals surface area contributed by atoms with E-state index in [0.717, 1.165) is 6.07 Å². The zero-order valence-corrected chi connectivity index (χ0v) is 8.79. The van der Waals surface area contributed by atoms with Crippen LogP contribution >= 0.6 is 0 Å². The first-order chi connectivity index (χ1) is 7.04. The maximum absolute atomic E-state index is 12.7. The van der Waals surface area contributed by atoms with Gasteiger partial charge in [0.25, 0.3) is 0 Å². The van der Waals surface area contributed by atoms with Gasteiger partial charge in [-0.15, -0.1) is 6.42 Å². The predicted octanol–water partition coefficient (Wildman–Crippen LogP) is 2.20. The van der Waals surface area contributed by atoms with E-state index < -0.39 is 5.82 Å². The number of hydrogen-bond acceptors (Lipinski definition) is 2. The third-order valence-corrected chi connectivity index (χ3v) is 2.21. The van der Waals surface area contributed by atoms with Crippen LogP contribution in [0.1, 0.15) is 25.5 Å². The first-order valence-electron chi connectivity index (χ1n) is 4.75. The second-order valence-electron chi connectivity index (χ2n) is 3.48. The number of terminal acetylenes is 1. The highest BCUT2D eigenvalue weighted by Gasteiger charge is 2.12. The summed E-state index contributed by atoms with van der Waals surface area (Å²) in [6, 6.07) is 3.74. The average molecular weight is 207 g/mol. The summed E-state index contributed by atoms with van der Waals surface area (Å²) >= 11 is 0. The molecular formula is C12H14FNO. The largest absolute Gasteiger partial charge is 0.508 e. The quantitative estimate of drug-likeness (QED) is 0.745. The molecule has 0 amide bonds. The van der Waals surface area contributed by atoms with E-state index in [-0.39, 0.29) is 17.8 Å². The fraction of sp³-hybridized carbons (Fsp3) is 0.333. The first-order valence-corrected chi connectivity index (χ1v) is 4.75. The molecule has 0 radical (unpaired) electrons. The van der Waals surface area contributed by atoms with Gasteiger partial charge in [-0.25, -0.2) is 4.39 Å². The smallest absolute Gasteiger partial charge is 0.126 e. The Morgan fingerprint density at radius 3 is 2.67 bits per heavy atom. The van der Waals surface area contributed by atoms with Gasteiger partial charge in [0.15, 0.2) is 0 Å². The maximum atomic E-state index is 12.7. The zero-order chi connectivity index (χ0) is 11.4. The van der Waals surface area contributed by atoms with Crippen LogP contribution in [0.25, 0.3) is 0 Å². The van der Waals surface area contributed by atoms with Crippen LogP contribution in [0, 0.1) is 18.2 Å². The summed E-state index contributed by atoms with van der Waals surface area (Å²) in [6.07, 6.45) is 5.23. The number of phenolic OH excluding ortho intramolecular Hbond substituents is 1. The molecule has 0 saturated heterocycles. The molecule has 2 unspecified atom stereocenters. The molecule has 1 aromatic carbocycles. The minimum Gasteiger partial charge on any atom is -0.508 e. The van der Waals surface area contributed by atoms with E-state index in [1.165, 1.54) is 6.07 Å². The highest BCUT2D eigenvalue weighted by Crippen LogP contribution is 2.24. The van der Waals surface area contributed by atoms with E-state index >= 15 is 0 Å². The molecule has 0 bridgehead atoms. The molecule has 0 heterocycles. The van der Waals surface area contributed by atoms with Gasteiger partial charge in [-0.1, -0.05) is 12.0 Å². The van der Waals surface area contributed by atoms with E-state index in [0.29, 0.717) is 5.56 Å². The van der Waals surface area contributed by atoms with Gasteiger partial charge < -0.3 is 5.11 Å². The Balaban J connectivity index is 2.83. The topological polar surface area (TPSA) is 32.3 Å². The van der Waals surface area contributed by atoms with Gasteiger partial charge in [0.2, 0.25) is 0 Å². The van der Waals surface area contributed by atoms with Gasteiger partial charge in [0.05, 0.1) is 6.04 Å². The third kappa shape index (κ3) is 2.97. The molecule has 15 heavy (non-hydrogen) atoms. The summed E-state index contributed by atoms with van der Waals surface area (Å²) in [5.41, 5.74) is 0.638. The molecule has 0 aliphatic heterocycles. The molecule has 0 aliphatic carbocycles. The second-order valence-corrected chi connectivity index (χ2v) is 3.48. The number of hydrogen-bond donors (Lipinski definition) is 2. The Morgan fingerprint density at radius 2 is 2.13 bits per heavy atom. The molecule has 2 N–H and O–H groups in total. The van der Waals surface area contributed by atoms with Crippen molar-refractivity contribution in [2.24, 2.45) is 0 Å². The number of phenols is 1. The fourth-order valence-corrected chi connectivity index (χ4v) is 1.40. The monoisotopic (exact) mass is 207 g/mol. The summed E-state index contributed by atoms with van der Waals surface area (Å²) in [4.78, 5) is 0. The van der Waals surface area contributed by atoms with Crippen molar-refractivity contribution in [3.8, 4) is 18.1 Å². The van der Waals surface area contributed by atoms with Crippen LogP contribution < -0.4 is 5.32 Å². The van der Waals surface area contributed by atoms with Crippen molar-refractivity contribution >= 4 is 0 Å². The van der Waals surface area contributed by atoms with Crippen molar-refractivity contribution in [3.05, 3.63) is 29.6 Å². The van der Waals surface area contributed by atoms with Gasteiger partial charge in [0.1, 0.15) is 11.6 Å². The second kappa shape index (κ2) is 4.81. The number of nitrogens with one attached hydrogen (secondary N) is 1. The molecule has 3 heteroatoms. The molecule has 0 fully saturated rings. The number of rotatable bonds is 3. The molecule has 1 rings (SSSR count). The maximum Gasteiger partial charge on any atom is 0.126 e. The lowest BCUT2D eigenvalue weighted by atomic mass is 10.1. The van der Waals surface area contributed by atoms with Crippen LogP contribution in [0.3, 0.4) is 0 Å². The van der Waals surface area contributed by atoms with E-state index in [1.807, 2.05) is 13.8 Å². The van der Waals surface area contributed by atoms with Crippen LogP contribution in [0.15, 0.2) is 18.2 Å². The minimum atomic E-state index is -0.451. The van der Waals surface area contributed by atoms with Crippen LogP contribution in [0.5, 0.6) is 5.75 Å². The first kappa shape index (κ1) is 11.5. The molecule has 0 aromatic heterocycles. The SMILES string of the molecule is C#CC(C)NC(C)c1ccc(F)cc1O. The lowest BCUT2D eigenvalue weighted by Gasteiger charge is -2.17. The summed E-state index contributed by atoms with van der Waals surface area (Å²) < 4.78 is 12.7. The highest BCUT2D eigenvalue weighted by molar-refractivity contribution is 5.35. The van der Waals surface area contributed by atoms with Crippen LogP contribution in [-0.2, 0) is 0 Å². The Morgan fingerprint density at radius 1 is 1.47 bits per heavy atom. The summed E-state index contributed by atoms with van der Waals surface area (Å²) in [5, 5.41) is 12.6. The molecule has 2 atom stereocenters. The van der Waals surface area contributed by atoms with Crippen molar-refractivity contribution in [1.29, 1.82) is 0 Å². The van der Waals surface area contributed by atoms with Gasteiger partial charge in [-0.05, 0) is 19.9 Å². The zero-order valence-electron chi connectivity index (χ0n) is 8.79. The number of aromatic hydroxyl groups is 1. The fourth-order valence-electron chi connectivity index (χ4n) is 1.40. The van der Waals surface area contributed by atoms with Crippen LogP contribution in [0.2, 0.25) is 0 Å². The molecular weight excluding hydrogens is 193 g/mol. The van der Waals surface area contributed by atoms with E-state index in [1.54, 1.807) is 6.07 Å². The van der Waals surface area contributed by atoms with Gasteiger partial charge in [-0.2, -0.15) is 0 Å². The molecule has 1 aromatic rings. The molecule has 80 valence electrons. The van der Waals surface area contributed by atoms with Crippen molar-refractivity contribution < 1.29 is 9.50 Å². The lowest BCUT2D eigenvalue weighted by Crippen LogP contribution is -2.27. The summed E-state index contributed by atoms with van der Waals surface area (Å²) in [7, 11) is 0. The van der Waals surface area contributed by atoms with Gasteiger partial charge in [0, 0.05) is 17.7 Å². The average Bonchev–Trinajstić information content (AvgIpc) is 2.17. The number of benzene rings is 1. The molecule has 0 spiro atoms. The van der Waals surface area contributed by atoms with Crippen LogP contribution in [0.4, 0.5) is 4.39 Å². The minimum absolute atomic E-state index is 0.0563. The Kier molecular flexibility index (Phi) is 3.70. The van der Waals surface area contributed by atoms with Crippen molar-refractivity contribution in [3.63, 3.8) is 0 Å². The van der Waals surface area contributed by atoms with E-state index in [4.69, 9.17) is 6.42 Å². The Hall–Kier alpha value is -1.53. The Labute approximate surface area is 89.1 Å². The lowest BCUT2D eigenvalue weighted by molar-refractivity contribution is 0.444. The van der Waals surface area contributed by atoms with Gasteiger partial charge in [-0.3, -0.25) is 5.32 Å². The predicted molar refractivity (Wildman–Crippen MR) is 57.9 cm³/mol. The van der Waals surface area contributed by atoms with E-state index in [9.17, 15) is 9.50 Å². The van der Waals surface area contributed by atoms with Gasteiger partial charge >= 0.3 is 0 Å². The third-order valence-electron chi connectivity index (χ3n) is 2.21. The van der Waals surface area contributed by atoms with Crippen molar-refractivity contribution in [2.45, 2.75) is 25.9 Å². The molecule has 0 saturated carbocycles. The number of halogens is 1. The Bertz CT molecular complexity index is 384. The molecule has 2 nitrogen and oxygen atoms in total. The summed E-state index contributed by atoms with van der Waals surface area (Å²) in [5.74, 6) is 2.02.